The smallest absolute Gasteiger partial charge is 0.313 e. The molecule has 33 heavy (non-hydrogen) atoms. The van der Waals surface area contributed by atoms with E-state index >= 15 is 0 Å². The van der Waals surface area contributed by atoms with Crippen molar-refractivity contribution in [3.63, 3.8) is 0 Å². The molecule has 2 bridgehead atoms. The van der Waals surface area contributed by atoms with Crippen LogP contribution in [-0.2, 0) is 16.2 Å². The number of nitro groups is 1. The first-order chi connectivity index (χ1) is 15.8. The minimum absolute atomic E-state index is 0.0444. The fraction of sp³-hybridized carbons (Fsp3) is 0.261. The maximum atomic E-state index is 12.9. The Kier molecular flexibility index (Phi) is 5.54. The number of halogens is 2. The summed E-state index contributed by atoms with van der Waals surface area (Å²) in [5.41, 5.74) is 0.662. The van der Waals surface area contributed by atoms with E-state index in [1.807, 2.05) is 36.4 Å². The number of fused-ring (bicyclic) bond motifs is 5. The Hall–Kier alpha value is -3.04. The first-order valence-electron chi connectivity index (χ1n) is 10.3. The number of benzene rings is 2. The van der Waals surface area contributed by atoms with Gasteiger partial charge >= 0.3 is 5.69 Å². The maximum Gasteiger partial charge on any atom is 0.313 e. The molecule has 0 radical (unpaired) electrons. The number of rotatable bonds is 6. The van der Waals surface area contributed by atoms with Crippen LogP contribution in [-0.4, -0.2) is 28.0 Å². The van der Waals surface area contributed by atoms with Gasteiger partial charge in [-0.25, -0.2) is 0 Å². The molecule has 2 fully saturated rings. The van der Waals surface area contributed by atoms with Crippen LogP contribution in [0.2, 0.25) is 5.02 Å². The van der Waals surface area contributed by atoms with Crippen molar-refractivity contribution in [2.24, 2.45) is 28.8 Å². The molecule has 8 nitrogen and oxygen atoms in total. The third-order valence-electron chi connectivity index (χ3n) is 6.32. The summed E-state index contributed by atoms with van der Waals surface area (Å²) >= 11 is 9.45. The van der Waals surface area contributed by atoms with Crippen molar-refractivity contribution < 1.29 is 19.2 Å². The predicted octanol–water partition coefficient (Wildman–Crippen LogP) is 4.73. The van der Waals surface area contributed by atoms with Gasteiger partial charge in [0.15, 0.2) is 0 Å². The molecule has 2 amide bonds. The molecule has 1 saturated carbocycles. The molecule has 10 heteroatoms. The highest BCUT2D eigenvalue weighted by Gasteiger charge is 2.59. The Bertz CT molecular complexity index is 1200. The molecule has 0 aromatic heterocycles. The summed E-state index contributed by atoms with van der Waals surface area (Å²) in [6, 6.07) is 9.95. The fourth-order valence-corrected chi connectivity index (χ4v) is 5.33. The van der Waals surface area contributed by atoms with Crippen molar-refractivity contribution in [3.05, 3.63) is 79.3 Å². The first kappa shape index (κ1) is 21.8. The summed E-state index contributed by atoms with van der Waals surface area (Å²) in [5, 5.41) is 16.8. The molecular formula is C23H17BrClN3O5. The Labute approximate surface area is 202 Å². The zero-order valence-electron chi connectivity index (χ0n) is 17.1. The summed E-state index contributed by atoms with van der Waals surface area (Å²) in [6.07, 6.45) is 6.04. The van der Waals surface area contributed by atoms with Crippen LogP contribution in [0.4, 0.5) is 5.69 Å². The minimum atomic E-state index is -0.597. The molecule has 2 aromatic carbocycles. The van der Waals surface area contributed by atoms with Crippen molar-refractivity contribution in [3.8, 4) is 5.75 Å². The fourth-order valence-electron chi connectivity index (χ4n) is 4.85. The lowest BCUT2D eigenvalue weighted by molar-refractivity contribution is -0.385. The van der Waals surface area contributed by atoms with Crippen LogP contribution in [0.25, 0.3) is 0 Å². The van der Waals surface area contributed by atoms with E-state index in [4.69, 9.17) is 16.3 Å². The largest absolute Gasteiger partial charge is 0.481 e. The summed E-state index contributed by atoms with van der Waals surface area (Å²) in [5.74, 6) is -1.36. The van der Waals surface area contributed by atoms with Crippen LogP contribution in [0.1, 0.15) is 17.5 Å². The molecule has 1 heterocycles. The molecule has 1 saturated heterocycles. The van der Waals surface area contributed by atoms with Crippen LogP contribution in [0.15, 0.2) is 58.1 Å². The van der Waals surface area contributed by atoms with E-state index in [0.29, 0.717) is 0 Å². The molecule has 1 aliphatic heterocycles. The highest BCUT2D eigenvalue weighted by Crippen LogP contribution is 2.52. The third kappa shape index (κ3) is 3.85. The van der Waals surface area contributed by atoms with E-state index in [1.54, 1.807) is 0 Å². The monoisotopic (exact) mass is 529 g/mol. The molecule has 2 aliphatic carbocycles. The Balaban J connectivity index is 1.44. The second-order valence-corrected chi connectivity index (χ2v) is 9.60. The zero-order valence-corrected chi connectivity index (χ0v) is 19.4. The topological polar surface area (TPSA) is 102 Å². The average molecular weight is 531 g/mol. The number of amides is 2. The van der Waals surface area contributed by atoms with Crippen molar-refractivity contribution in [2.45, 2.75) is 13.0 Å². The highest BCUT2D eigenvalue weighted by molar-refractivity contribution is 9.10. The molecule has 0 spiro atoms. The van der Waals surface area contributed by atoms with Crippen molar-refractivity contribution in [1.82, 2.24) is 5.01 Å². The second-order valence-electron chi connectivity index (χ2n) is 8.25. The number of nitro benzene ring substituents is 1. The standard InChI is InChI=1S/C23H17BrClN3O5/c24-16-5-1-12(2-6-16)11-33-21-15(8-17(25)9-18(21)28(31)32)10-26-27-22(29)19-13-3-4-14(7-13)20(19)23(27)30/h1-6,8-10,13-14,19-20H,7,11H2/t13-,14-,19-,20+/m0/s1. The maximum absolute atomic E-state index is 12.9. The van der Waals surface area contributed by atoms with E-state index in [0.717, 1.165) is 21.5 Å². The van der Waals surface area contributed by atoms with Gasteiger partial charge in [0.2, 0.25) is 5.75 Å². The summed E-state index contributed by atoms with van der Waals surface area (Å²) in [6.45, 7) is 0.0668. The summed E-state index contributed by atoms with van der Waals surface area (Å²) in [7, 11) is 0. The highest BCUT2D eigenvalue weighted by atomic mass is 79.9. The number of hydrogen-bond donors (Lipinski definition) is 0. The van der Waals surface area contributed by atoms with Crippen molar-refractivity contribution >= 4 is 51.2 Å². The number of carbonyl (C=O) groups excluding carboxylic acids is 2. The normalized spacial score (nSPS) is 25.3. The van der Waals surface area contributed by atoms with E-state index in [1.165, 1.54) is 18.3 Å². The molecule has 0 N–H and O–H groups in total. The van der Waals surface area contributed by atoms with E-state index in [9.17, 15) is 19.7 Å². The van der Waals surface area contributed by atoms with Gasteiger partial charge < -0.3 is 4.74 Å². The third-order valence-corrected chi connectivity index (χ3v) is 7.06. The van der Waals surface area contributed by atoms with Crippen LogP contribution in [0.3, 0.4) is 0 Å². The van der Waals surface area contributed by atoms with Gasteiger partial charge in [0.05, 0.1) is 23.0 Å². The number of hydrogen-bond acceptors (Lipinski definition) is 6. The minimum Gasteiger partial charge on any atom is -0.481 e. The lowest BCUT2D eigenvalue weighted by atomic mass is 9.85. The van der Waals surface area contributed by atoms with Gasteiger partial charge in [-0.3, -0.25) is 19.7 Å². The molecule has 0 unspecified atom stereocenters. The van der Waals surface area contributed by atoms with Crippen molar-refractivity contribution in [1.29, 1.82) is 0 Å². The van der Waals surface area contributed by atoms with Gasteiger partial charge in [0.1, 0.15) is 6.61 Å². The average Bonchev–Trinajstić information content (AvgIpc) is 3.46. The van der Waals surface area contributed by atoms with E-state index in [2.05, 4.69) is 21.0 Å². The van der Waals surface area contributed by atoms with Gasteiger partial charge in [-0.1, -0.05) is 51.8 Å². The van der Waals surface area contributed by atoms with Crippen LogP contribution in [0, 0.1) is 33.8 Å². The lowest BCUT2D eigenvalue weighted by Crippen LogP contribution is -2.28. The van der Waals surface area contributed by atoms with Gasteiger partial charge in [0, 0.05) is 21.1 Å². The van der Waals surface area contributed by atoms with Crippen molar-refractivity contribution in [2.75, 3.05) is 0 Å². The lowest BCUT2D eigenvalue weighted by Gasteiger charge is -2.13. The number of hydrazone groups is 1. The number of allylic oxidation sites excluding steroid dienone is 2. The first-order valence-corrected chi connectivity index (χ1v) is 11.5. The SMILES string of the molecule is O=C1[C@@H]2[C@H](C(=O)N1N=Cc1cc(Cl)cc([N+](=O)[O-])c1OCc1ccc(Br)cc1)[C@H]1C=C[C@H]2C1. The molecule has 2 aromatic rings. The molecule has 168 valence electrons. The molecule has 3 aliphatic rings. The van der Waals surface area contributed by atoms with Crippen LogP contribution < -0.4 is 4.74 Å². The quantitative estimate of drug-likeness (QED) is 0.177. The Morgan fingerprint density at radius 1 is 1.15 bits per heavy atom. The number of imide groups is 1. The van der Waals surface area contributed by atoms with Crippen LogP contribution in [0.5, 0.6) is 5.75 Å². The molecule has 4 atom stereocenters. The van der Waals surface area contributed by atoms with Crippen LogP contribution >= 0.6 is 27.5 Å². The Morgan fingerprint density at radius 3 is 2.39 bits per heavy atom. The number of carbonyl (C=O) groups is 2. The van der Waals surface area contributed by atoms with Gasteiger partial charge in [-0.05, 0) is 42.0 Å². The summed E-state index contributed by atoms with van der Waals surface area (Å²) < 4.78 is 6.69. The van der Waals surface area contributed by atoms with Gasteiger partial charge in [-0.15, -0.1) is 0 Å². The molecule has 5 rings (SSSR count). The summed E-state index contributed by atoms with van der Waals surface area (Å²) in [4.78, 5) is 36.8. The van der Waals surface area contributed by atoms with Gasteiger partial charge in [0.25, 0.3) is 11.8 Å². The van der Waals surface area contributed by atoms with Gasteiger partial charge in [-0.2, -0.15) is 10.1 Å². The zero-order chi connectivity index (χ0) is 23.3. The number of ether oxygens (including phenoxy) is 1. The molecular weight excluding hydrogens is 514 g/mol. The Morgan fingerprint density at radius 2 is 1.79 bits per heavy atom. The number of nitrogens with zero attached hydrogens (tertiary/aromatic N) is 3. The second kappa shape index (κ2) is 8.39. The van der Waals surface area contributed by atoms with E-state index < -0.39 is 4.92 Å². The van der Waals surface area contributed by atoms with E-state index in [-0.39, 0.29) is 64.1 Å². The predicted molar refractivity (Wildman–Crippen MR) is 124 cm³/mol.